The van der Waals surface area contributed by atoms with Gasteiger partial charge in [0.15, 0.2) is 0 Å². The largest absolute Gasteiger partial charge is 0.396 e. The van der Waals surface area contributed by atoms with Crippen molar-refractivity contribution in [2.75, 3.05) is 18.5 Å². The Hall–Kier alpha value is -1.39. The van der Waals surface area contributed by atoms with Crippen LogP contribution >= 0.6 is 0 Å². The third-order valence-electron chi connectivity index (χ3n) is 3.42. The Morgan fingerprint density at radius 3 is 2.62 bits per heavy atom. The van der Waals surface area contributed by atoms with E-state index in [2.05, 4.69) is 24.5 Å². The van der Waals surface area contributed by atoms with Gasteiger partial charge in [0.05, 0.1) is 0 Å². The number of aliphatic hydroxyl groups excluding tert-OH is 1. The zero-order valence-corrected chi connectivity index (χ0v) is 13.4. The second-order valence-electron chi connectivity index (χ2n) is 5.98. The minimum Gasteiger partial charge on any atom is -0.396 e. The van der Waals surface area contributed by atoms with Crippen LogP contribution in [0.2, 0.25) is 0 Å². The number of carbonyl (C=O) groups is 1. The molecule has 3 N–H and O–H groups in total. The molecule has 0 saturated heterocycles. The van der Waals surface area contributed by atoms with E-state index in [0.717, 1.165) is 37.2 Å². The molecule has 0 fully saturated rings. The van der Waals surface area contributed by atoms with E-state index in [1.165, 1.54) is 6.92 Å². The van der Waals surface area contributed by atoms with E-state index < -0.39 is 0 Å². The highest BCUT2D eigenvalue weighted by molar-refractivity contribution is 5.89. The summed E-state index contributed by atoms with van der Waals surface area (Å²) in [6.07, 6.45) is 1.94. The van der Waals surface area contributed by atoms with Gasteiger partial charge in [0.2, 0.25) is 5.91 Å². The molecule has 0 aliphatic carbocycles. The van der Waals surface area contributed by atoms with Crippen LogP contribution in [0.5, 0.6) is 0 Å². The quantitative estimate of drug-likeness (QED) is 0.656. The van der Waals surface area contributed by atoms with E-state index >= 15 is 0 Å². The van der Waals surface area contributed by atoms with Crippen LogP contribution < -0.4 is 10.6 Å². The van der Waals surface area contributed by atoms with Gasteiger partial charge in [-0.2, -0.15) is 0 Å². The molecule has 1 aromatic carbocycles. The number of amides is 1. The van der Waals surface area contributed by atoms with Gasteiger partial charge in [-0.1, -0.05) is 32.0 Å². The molecule has 0 saturated carbocycles. The normalized spacial score (nSPS) is 12.4. The molecule has 0 bridgehead atoms. The molecule has 4 heteroatoms. The molecule has 0 aliphatic heterocycles. The molecule has 4 nitrogen and oxygen atoms in total. The van der Waals surface area contributed by atoms with Crippen LogP contribution in [0.3, 0.4) is 0 Å². The van der Waals surface area contributed by atoms with Crippen molar-refractivity contribution in [3.8, 4) is 0 Å². The van der Waals surface area contributed by atoms with Crippen LogP contribution in [0.4, 0.5) is 5.69 Å². The van der Waals surface area contributed by atoms with Crippen molar-refractivity contribution in [1.29, 1.82) is 0 Å². The first-order valence-electron chi connectivity index (χ1n) is 7.70. The van der Waals surface area contributed by atoms with Crippen molar-refractivity contribution in [2.45, 2.75) is 40.2 Å². The standard InChI is InChI=1S/C17H28N2O2/c1-13(2)10-15(8-9-20)11-18-12-16-6-4-5-7-17(16)19-14(3)21/h4-7,13,15,18,20H,8-12H2,1-3H3,(H,19,21). The molecular formula is C17H28N2O2. The number of aliphatic hydroxyl groups is 1. The number of benzene rings is 1. The summed E-state index contributed by atoms with van der Waals surface area (Å²) in [6, 6.07) is 7.82. The van der Waals surface area contributed by atoms with Gasteiger partial charge in [-0.25, -0.2) is 0 Å². The van der Waals surface area contributed by atoms with Crippen molar-refractivity contribution in [3.63, 3.8) is 0 Å². The van der Waals surface area contributed by atoms with E-state index in [-0.39, 0.29) is 12.5 Å². The third-order valence-corrected chi connectivity index (χ3v) is 3.42. The highest BCUT2D eigenvalue weighted by Gasteiger charge is 2.11. The van der Waals surface area contributed by atoms with Crippen molar-refractivity contribution < 1.29 is 9.90 Å². The molecule has 1 rings (SSSR count). The van der Waals surface area contributed by atoms with Gasteiger partial charge in [-0.05, 0) is 42.9 Å². The average molecular weight is 292 g/mol. The molecule has 0 aromatic heterocycles. The van der Waals surface area contributed by atoms with Crippen molar-refractivity contribution in [3.05, 3.63) is 29.8 Å². The second kappa shape index (κ2) is 9.53. The number of hydrogen-bond donors (Lipinski definition) is 3. The van der Waals surface area contributed by atoms with E-state index in [9.17, 15) is 4.79 Å². The fourth-order valence-corrected chi connectivity index (χ4v) is 2.55. The topological polar surface area (TPSA) is 61.4 Å². The van der Waals surface area contributed by atoms with Crippen molar-refractivity contribution in [2.24, 2.45) is 11.8 Å². The Balaban J connectivity index is 2.52. The van der Waals surface area contributed by atoms with Crippen LogP contribution in [0.25, 0.3) is 0 Å². The molecule has 1 unspecified atom stereocenters. The number of carbonyl (C=O) groups excluding carboxylic acids is 1. The molecule has 1 atom stereocenters. The average Bonchev–Trinajstić information content (AvgIpc) is 2.39. The lowest BCUT2D eigenvalue weighted by Gasteiger charge is -2.19. The van der Waals surface area contributed by atoms with Gasteiger partial charge in [0.1, 0.15) is 0 Å². The zero-order valence-electron chi connectivity index (χ0n) is 13.4. The number of rotatable bonds is 9. The molecule has 0 radical (unpaired) electrons. The molecule has 1 aromatic rings. The first kappa shape index (κ1) is 17.7. The summed E-state index contributed by atoms with van der Waals surface area (Å²) < 4.78 is 0. The Kier molecular flexibility index (Phi) is 8.01. The summed E-state index contributed by atoms with van der Waals surface area (Å²) in [4.78, 5) is 11.2. The molecule has 118 valence electrons. The Labute approximate surface area is 128 Å². The molecule has 0 heterocycles. The number of nitrogens with one attached hydrogen (secondary N) is 2. The summed E-state index contributed by atoms with van der Waals surface area (Å²) in [7, 11) is 0. The molecule has 0 aliphatic rings. The van der Waals surface area contributed by atoms with Crippen LogP contribution in [0, 0.1) is 11.8 Å². The van der Waals surface area contributed by atoms with E-state index in [1.54, 1.807) is 0 Å². The minimum absolute atomic E-state index is 0.0552. The fourth-order valence-electron chi connectivity index (χ4n) is 2.55. The van der Waals surface area contributed by atoms with Gasteiger partial charge in [-0.3, -0.25) is 4.79 Å². The van der Waals surface area contributed by atoms with Gasteiger partial charge in [0.25, 0.3) is 0 Å². The minimum atomic E-state index is -0.0552. The maximum Gasteiger partial charge on any atom is 0.221 e. The molecular weight excluding hydrogens is 264 g/mol. The van der Waals surface area contributed by atoms with Gasteiger partial charge in [-0.15, -0.1) is 0 Å². The van der Waals surface area contributed by atoms with Crippen LogP contribution in [0.1, 0.15) is 39.2 Å². The van der Waals surface area contributed by atoms with E-state index in [1.807, 2.05) is 24.3 Å². The monoisotopic (exact) mass is 292 g/mol. The zero-order chi connectivity index (χ0) is 15.7. The first-order chi connectivity index (χ1) is 10.0. The maximum atomic E-state index is 11.2. The summed E-state index contributed by atoms with van der Waals surface area (Å²) in [5, 5.41) is 15.4. The smallest absolute Gasteiger partial charge is 0.221 e. The molecule has 0 spiro atoms. The maximum absolute atomic E-state index is 11.2. The Morgan fingerprint density at radius 1 is 1.29 bits per heavy atom. The summed E-state index contributed by atoms with van der Waals surface area (Å²) >= 11 is 0. The van der Waals surface area contributed by atoms with Crippen LogP contribution in [-0.4, -0.2) is 24.2 Å². The first-order valence-corrected chi connectivity index (χ1v) is 7.70. The summed E-state index contributed by atoms with van der Waals surface area (Å²) in [6.45, 7) is 7.77. The van der Waals surface area contributed by atoms with Gasteiger partial charge in [0, 0.05) is 25.8 Å². The molecule has 21 heavy (non-hydrogen) atoms. The summed E-state index contributed by atoms with van der Waals surface area (Å²) in [5.74, 6) is 1.07. The number of hydrogen-bond acceptors (Lipinski definition) is 3. The van der Waals surface area contributed by atoms with Crippen molar-refractivity contribution in [1.82, 2.24) is 5.32 Å². The van der Waals surface area contributed by atoms with Crippen LogP contribution in [-0.2, 0) is 11.3 Å². The van der Waals surface area contributed by atoms with Gasteiger partial charge < -0.3 is 15.7 Å². The third kappa shape index (κ3) is 7.25. The lowest BCUT2D eigenvalue weighted by molar-refractivity contribution is -0.114. The summed E-state index contributed by atoms with van der Waals surface area (Å²) in [5.41, 5.74) is 1.94. The predicted molar refractivity (Wildman–Crippen MR) is 87.1 cm³/mol. The fraction of sp³-hybridized carbons (Fsp3) is 0.588. The van der Waals surface area contributed by atoms with Gasteiger partial charge >= 0.3 is 0 Å². The number of anilines is 1. The second-order valence-corrected chi connectivity index (χ2v) is 5.98. The lowest BCUT2D eigenvalue weighted by atomic mass is 9.94. The van der Waals surface area contributed by atoms with Crippen molar-refractivity contribution >= 4 is 11.6 Å². The Morgan fingerprint density at radius 2 is 2.00 bits per heavy atom. The van der Waals surface area contributed by atoms with E-state index in [4.69, 9.17) is 5.11 Å². The predicted octanol–water partition coefficient (Wildman–Crippen LogP) is 2.78. The SMILES string of the molecule is CC(=O)Nc1ccccc1CNCC(CCO)CC(C)C. The molecule has 1 amide bonds. The Bertz CT molecular complexity index is 433. The highest BCUT2D eigenvalue weighted by atomic mass is 16.3. The van der Waals surface area contributed by atoms with E-state index in [0.29, 0.717) is 11.8 Å². The highest BCUT2D eigenvalue weighted by Crippen LogP contribution is 2.17. The number of para-hydroxylation sites is 1. The lowest BCUT2D eigenvalue weighted by Crippen LogP contribution is -2.25. The van der Waals surface area contributed by atoms with Crippen LogP contribution in [0.15, 0.2) is 24.3 Å².